The van der Waals surface area contributed by atoms with Gasteiger partial charge in [0, 0.05) is 56.4 Å². The minimum absolute atomic E-state index is 0.0283. The molecule has 1 atom stereocenters. The van der Waals surface area contributed by atoms with Crippen molar-refractivity contribution >= 4 is 28.4 Å². The Balaban J connectivity index is 1.17. The molecule has 8 nitrogen and oxygen atoms in total. The molecule has 1 aromatic heterocycles. The molecular weight excluding hydrogens is 518 g/mol. The number of amides is 1. The third-order valence-corrected chi connectivity index (χ3v) is 7.24. The lowest BCUT2D eigenvalue weighted by Gasteiger charge is -2.35. The monoisotopic (exact) mass is 546 g/mol. The third-order valence-electron chi connectivity index (χ3n) is 6.95. The van der Waals surface area contributed by atoms with E-state index in [0.717, 1.165) is 18.9 Å². The number of nitrogens with zero attached hydrogens (tertiary/aromatic N) is 3. The van der Waals surface area contributed by atoms with Crippen LogP contribution in [-0.2, 0) is 0 Å². The molecule has 0 bridgehead atoms. The van der Waals surface area contributed by atoms with Crippen LogP contribution >= 0.6 is 11.6 Å². The number of carbonyl (C=O) groups excluding carboxylic acids is 1. The topological polar surface area (TPSA) is 87.0 Å². The summed E-state index contributed by atoms with van der Waals surface area (Å²) in [6.07, 6.45) is 2.59. The molecule has 11 heteroatoms. The van der Waals surface area contributed by atoms with Gasteiger partial charge in [0.15, 0.2) is 0 Å². The van der Waals surface area contributed by atoms with Crippen LogP contribution < -0.4 is 15.6 Å². The van der Waals surface area contributed by atoms with Gasteiger partial charge in [0.1, 0.15) is 35.7 Å². The van der Waals surface area contributed by atoms with Crippen molar-refractivity contribution in [2.24, 2.45) is 0 Å². The van der Waals surface area contributed by atoms with Crippen LogP contribution in [0.2, 0.25) is 5.02 Å². The van der Waals surface area contributed by atoms with Crippen molar-refractivity contribution in [2.45, 2.75) is 31.9 Å². The highest BCUT2D eigenvalue weighted by atomic mass is 35.5. The summed E-state index contributed by atoms with van der Waals surface area (Å²) < 4.78 is 35.2. The standard InChI is InChI=1S/C27H29ClF2N4O4/c1-16-2-5-19(10-23(16)29)38-15-18(35)13-32-6-8-33(9-7-32)31-27(37)21-14-34(17-3-4-17)25-12-22(28)24(30)11-20(25)26(21)36/h2,5,10-12,14,17-18,35H,3-4,6-9,13,15H2,1H3,(H,31,37). The van der Waals surface area contributed by atoms with Gasteiger partial charge >= 0.3 is 0 Å². The minimum atomic E-state index is -0.770. The number of ether oxygens (including phenoxy) is 1. The van der Waals surface area contributed by atoms with Crippen LogP contribution in [0.3, 0.4) is 0 Å². The first-order valence-electron chi connectivity index (χ1n) is 12.6. The van der Waals surface area contributed by atoms with Gasteiger partial charge in [-0.25, -0.2) is 13.8 Å². The Morgan fingerprint density at radius 1 is 1.16 bits per heavy atom. The van der Waals surface area contributed by atoms with E-state index in [1.54, 1.807) is 30.3 Å². The zero-order valence-electron chi connectivity index (χ0n) is 20.9. The molecular formula is C27H29ClF2N4O4. The SMILES string of the molecule is Cc1ccc(OCC(O)CN2CCN(NC(=O)c3cn(C4CC4)c4cc(Cl)c(F)cc4c3=O)CC2)cc1F. The first-order chi connectivity index (χ1) is 18.2. The molecule has 1 amide bonds. The smallest absolute Gasteiger partial charge is 0.271 e. The number of aliphatic hydroxyl groups excluding tert-OH is 1. The Labute approximate surface area is 223 Å². The number of pyridine rings is 1. The fraction of sp³-hybridized carbons (Fsp3) is 0.407. The fourth-order valence-electron chi connectivity index (χ4n) is 4.61. The summed E-state index contributed by atoms with van der Waals surface area (Å²) in [7, 11) is 0. The molecule has 1 aliphatic heterocycles. The average molecular weight is 547 g/mol. The van der Waals surface area contributed by atoms with Gasteiger partial charge in [-0.15, -0.1) is 0 Å². The Morgan fingerprint density at radius 3 is 2.58 bits per heavy atom. The van der Waals surface area contributed by atoms with Crippen LogP contribution in [0.5, 0.6) is 5.75 Å². The van der Waals surface area contributed by atoms with E-state index in [9.17, 15) is 23.5 Å². The number of hydrogen-bond donors (Lipinski definition) is 2. The maximum absolute atomic E-state index is 14.1. The largest absolute Gasteiger partial charge is 0.491 e. The van der Waals surface area contributed by atoms with Crippen molar-refractivity contribution in [1.29, 1.82) is 0 Å². The second-order valence-corrected chi connectivity index (χ2v) is 10.3. The van der Waals surface area contributed by atoms with E-state index in [0.29, 0.717) is 49.6 Å². The van der Waals surface area contributed by atoms with Crippen LogP contribution in [0.15, 0.2) is 41.3 Å². The molecule has 2 aliphatic rings. The molecule has 1 unspecified atom stereocenters. The van der Waals surface area contributed by atoms with Crippen molar-refractivity contribution in [3.05, 3.63) is 74.5 Å². The number of rotatable bonds is 8. The summed E-state index contributed by atoms with van der Waals surface area (Å²) in [5.41, 5.74) is 3.25. The number of hydrazine groups is 1. The Hall–Kier alpha value is -3.05. The third kappa shape index (κ3) is 5.83. The van der Waals surface area contributed by atoms with Crippen LogP contribution in [0, 0.1) is 18.6 Å². The second-order valence-electron chi connectivity index (χ2n) is 9.90. The lowest BCUT2D eigenvalue weighted by Crippen LogP contribution is -2.55. The zero-order chi connectivity index (χ0) is 27.0. The molecule has 38 heavy (non-hydrogen) atoms. The number of aryl methyl sites for hydroxylation is 1. The molecule has 2 aromatic carbocycles. The van der Waals surface area contributed by atoms with Gasteiger partial charge in [-0.2, -0.15) is 0 Å². The number of halogens is 3. The van der Waals surface area contributed by atoms with Crippen LogP contribution in [-0.4, -0.2) is 70.9 Å². The van der Waals surface area contributed by atoms with E-state index in [4.69, 9.17) is 16.3 Å². The lowest BCUT2D eigenvalue weighted by atomic mass is 10.1. The first-order valence-corrected chi connectivity index (χ1v) is 13.0. The number of fused-ring (bicyclic) bond motifs is 1. The number of nitrogens with one attached hydrogen (secondary N) is 1. The number of aromatic nitrogens is 1. The number of hydrogen-bond acceptors (Lipinski definition) is 6. The minimum Gasteiger partial charge on any atom is -0.491 e. The fourth-order valence-corrected chi connectivity index (χ4v) is 4.77. The average Bonchev–Trinajstić information content (AvgIpc) is 3.73. The van der Waals surface area contributed by atoms with Gasteiger partial charge in [-0.3, -0.25) is 19.9 Å². The molecule has 202 valence electrons. The van der Waals surface area contributed by atoms with Gasteiger partial charge in [-0.1, -0.05) is 17.7 Å². The van der Waals surface area contributed by atoms with Crippen molar-refractivity contribution in [3.8, 4) is 5.75 Å². The van der Waals surface area contributed by atoms with E-state index in [2.05, 4.69) is 5.43 Å². The predicted molar refractivity (Wildman–Crippen MR) is 140 cm³/mol. The molecule has 2 N–H and O–H groups in total. The van der Waals surface area contributed by atoms with Gasteiger partial charge in [0.05, 0.1) is 10.5 Å². The van der Waals surface area contributed by atoms with E-state index in [1.807, 2.05) is 9.47 Å². The van der Waals surface area contributed by atoms with Crippen LogP contribution in [0.25, 0.3) is 10.9 Å². The van der Waals surface area contributed by atoms with Crippen molar-refractivity contribution in [1.82, 2.24) is 19.9 Å². The van der Waals surface area contributed by atoms with Crippen LogP contribution in [0.4, 0.5) is 8.78 Å². The summed E-state index contributed by atoms with van der Waals surface area (Å²) in [5.74, 6) is -1.25. The van der Waals surface area contributed by atoms with Crippen molar-refractivity contribution in [2.75, 3.05) is 39.3 Å². The van der Waals surface area contributed by atoms with Gasteiger partial charge < -0.3 is 14.4 Å². The van der Waals surface area contributed by atoms with Gasteiger partial charge in [0.25, 0.3) is 5.91 Å². The van der Waals surface area contributed by atoms with E-state index < -0.39 is 23.3 Å². The van der Waals surface area contributed by atoms with E-state index in [1.165, 1.54) is 12.1 Å². The summed E-state index contributed by atoms with van der Waals surface area (Å²) in [4.78, 5) is 28.2. The normalized spacial score (nSPS) is 17.5. The Bertz CT molecular complexity index is 1420. The molecule has 3 aromatic rings. The van der Waals surface area contributed by atoms with Crippen molar-refractivity contribution < 1.29 is 23.4 Å². The zero-order valence-corrected chi connectivity index (χ0v) is 21.7. The number of piperazine rings is 1. The summed E-state index contributed by atoms with van der Waals surface area (Å²) in [6.45, 7) is 4.17. The quantitative estimate of drug-likeness (QED) is 0.451. The molecule has 1 aliphatic carbocycles. The highest BCUT2D eigenvalue weighted by Gasteiger charge is 2.28. The molecule has 1 saturated heterocycles. The second kappa shape index (κ2) is 11.0. The Morgan fingerprint density at radius 2 is 1.89 bits per heavy atom. The number of carbonyl (C=O) groups is 1. The number of benzene rings is 2. The molecule has 2 heterocycles. The van der Waals surface area contributed by atoms with Gasteiger partial charge in [0.2, 0.25) is 5.43 Å². The first kappa shape index (κ1) is 26.6. The molecule has 2 fully saturated rings. The predicted octanol–water partition coefficient (Wildman–Crippen LogP) is 3.28. The highest BCUT2D eigenvalue weighted by molar-refractivity contribution is 6.31. The summed E-state index contributed by atoms with van der Waals surface area (Å²) in [5, 5.41) is 12.1. The highest BCUT2D eigenvalue weighted by Crippen LogP contribution is 2.37. The molecule has 0 radical (unpaired) electrons. The van der Waals surface area contributed by atoms with Gasteiger partial charge in [-0.05, 0) is 43.5 Å². The number of aliphatic hydroxyl groups is 1. The maximum Gasteiger partial charge on any atom is 0.271 e. The van der Waals surface area contributed by atoms with Crippen LogP contribution in [0.1, 0.15) is 34.8 Å². The Kier molecular flexibility index (Phi) is 7.67. The molecule has 1 saturated carbocycles. The van der Waals surface area contributed by atoms with Crippen molar-refractivity contribution in [3.63, 3.8) is 0 Å². The summed E-state index contributed by atoms with van der Waals surface area (Å²) >= 11 is 5.95. The van der Waals surface area contributed by atoms with E-state index >= 15 is 0 Å². The summed E-state index contributed by atoms with van der Waals surface area (Å²) in [6, 6.07) is 7.26. The number of β-amino-alcohol motifs (C(OH)–C–C–N with tert-alkyl or cyclic N) is 1. The molecule has 0 spiro atoms. The van der Waals surface area contributed by atoms with E-state index in [-0.39, 0.29) is 34.4 Å². The molecule has 5 rings (SSSR count). The maximum atomic E-state index is 14.1. The lowest BCUT2D eigenvalue weighted by molar-refractivity contribution is 0.0316.